The van der Waals surface area contributed by atoms with E-state index in [4.69, 9.17) is 12.2 Å². The number of thioether (sulfide) groups is 1. The third kappa shape index (κ3) is 4.72. The molecule has 1 aliphatic heterocycles. The van der Waals surface area contributed by atoms with Gasteiger partial charge in [0.25, 0.3) is 5.91 Å². The molecule has 0 radical (unpaired) electrons. The number of rotatable bonds is 6. The molecule has 2 heterocycles. The second-order valence-electron chi connectivity index (χ2n) is 6.66. The predicted molar refractivity (Wildman–Crippen MR) is 124 cm³/mol. The summed E-state index contributed by atoms with van der Waals surface area (Å²) in [5.74, 6) is -0.231. The number of carbonyl (C=O) groups excluding carboxylic acids is 2. The Hall–Kier alpha value is -3.10. The Morgan fingerprint density at radius 1 is 1.10 bits per heavy atom. The van der Waals surface area contributed by atoms with Crippen molar-refractivity contribution in [1.29, 1.82) is 0 Å². The zero-order chi connectivity index (χ0) is 20.9. The SMILES string of the molecule is O=C(CCCN1C(=O)/C(=C/c2ccccc2)SC1=S)Nc1ccc2nccnc2c1. The molecule has 0 aliphatic carbocycles. The molecule has 150 valence electrons. The van der Waals surface area contributed by atoms with E-state index in [0.29, 0.717) is 27.9 Å². The van der Waals surface area contributed by atoms with Crippen LogP contribution in [0.1, 0.15) is 18.4 Å². The predicted octanol–water partition coefficient (Wildman–Crippen LogP) is 4.25. The number of aromatic nitrogens is 2. The molecule has 2 aromatic carbocycles. The fourth-order valence-electron chi connectivity index (χ4n) is 3.06. The van der Waals surface area contributed by atoms with Gasteiger partial charge < -0.3 is 5.32 Å². The quantitative estimate of drug-likeness (QED) is 0.462. The molecular formula is C22H18N4O2S2. The zero-order valence-corrected chi connectivity index (χ0v) is 17.6. The van der Waals surface area contributed by atoms with Gasteiger partial charge in [-0.15, -0.1) is 0 Å². The molecule has 2 amide bonds. The van der Waals surface area contributed by atoms with E-state index in [1.54, 1.807) is 29.4 Å². The Labute approximate surface area is 183 Å². The lowest BCUT2D eigenvalue weighted by molar-refractivity contribution is -0.122. The summed E-state index contributed by atoms with van der Waals surface area (Å²) in [4.78, 5) is 35.6. The first-order valence-electron chi connectivity index (χ1n) is 9.41. The Kier molecular flexibility index (Phi) is 6.15. The summed E-state index contributed by atoms with van der Waals surface area (Å²) in [6.45, 7) is 0.410. The number of anilines is 1. The van der Waals surface area contributed by atoms with Crippen LogP contribution in [0, 0.1) is 0 Å². The number of nitrogens with zero attached hydrogens (tertiary/aromatic N) is 3. The van der Waals surface area contributed by atoms with Gasteiger partial charge in [-0.3, -0.25) is 24.5 Å². The van der Waals surface area contributed by atoms with Gasteiger partial charge in [0.2, 0.25) is 5.91 Å². The van der Waals surface area contributed by atoms with Crippen LogP contribution >= 0.6 is 24.0 Å². The van der Waals surface area contributed by atoms with Gasteiger partial charge in [0, 0.05) is 31.0 Å². The van der Waals surface area contributed by atoms with Crippen molar-refractivity contribution in [2.45, 2.75) is 12.8 Å². The number of thiocarbonyl (C=S) groups is 1. The van der Waals surface area contributed by atoms with E-state index in [9.17, 15) is 9.59 Å². The monoisotopic (exact) mass is 434 g/mol. The highest BCUT2D eigenvalue weighted by Gasteiger charge is 2.31. The van der Waals surface area contributed by atoms with Crippen LogP contribution in [-0.4, -0.2) is 37.5 Å². The van der Waals surface area contributed by atoms with E-state index < -0.39 is 0 Å². The summed E-state index contributed by atoms with van der Waals surface area (Å²) in [6.07, 6.45) is 5.89. The maximum Gasteiger partial charge on any atom is 0.266 e. The van der Waals surface area contributed by atoms with Crippen LogP contribution in [0.2, 0.25) is 0 Å². The molecule has 1 fully saturated rings. The Morgan fingerprint density at radius 2 is 1.87 bits per heavy atom. The van der Waals surface area contributed by atoms with Crippen LogP contribution in [0.5, 0.6) is 0 Å². The zero-order valence-electron chi connectivity index (χ0n) is 15.9. The van der Waals surface area contributed by atoms with Crippen molar-refractivity contribution in [3.63, 3.8) is 0 Å². The van der Waals surface area contributed by atoms with Crippen LogP contribution in [0.4, 0.5) is 5.69 Å². The molecular weight excluding hydrogens is 416 g/mol. The standard InChI is InChI=1S/C22H18N4O2S2/c27-20(25-16-8-9-17-18(14-16)24-11-10-23-17)7-4-12-26-21(28)19(30-22(26)29)13-15-5-2-1-3-6-15/h1-3,5-6,8-11,13-14H,4,7,12H2,(H,25,27)/b19-13-. The summed E-state index contributed by atoms with van der Waals surface area (Å²) in [7, 11) is 0. The summed E-state index contributed by atoms with van der Waals surface area (Å²) < 4.78 is 0.524. The molecule has 0 spiro atoms. The lowest BCUT2D eigenvalue weighted by Gasteiger charge is -2.14. The topological polar surface area (TPSA) is 75.2 Å². The summed E-state index contributed by atoms with van der Waals surface area (Å²) in [5.41, 5.74) is 3.12. The van der Waals surface area contributed by atoms with Crippen LogP contribution in [-0.2, 0) is 9.59 Å². The first-order valence-corrected chi connectivity index (χ1v) is 10.6. The molecule has 30 heavy (non-hydrogen) atoms. The van der Waals surface area contributed by atoms with E-state index in [1.165, 1.54) is 11.8 Å². The highest BCUT2D eigenvalue weighted by atomic mass is 32.2. The number of nitrogens with one attached hydrogen (secondary N) is 1. The van der Waals surface area contributed by atoms with Gasteiger partial charge in [-0.05, 0) is 36.3 Å². The number of carbonyl (C=O) groups is 2. The van der Waals surface area contributed by atoms with E-state index in [1.807, 2.05) is 42.5 Å². The van der Waals surface area contributed by atoms with E-state index >= 15 is 0 Å². The largest absolute Gasteiger partial charge is 0.326 e. The van der Waals surface area contributed by atoms with Gasteiger partial charge in [-0.25, -0.2) is 0 Å². The average molecular weight is 435 g/mol. The molecule has 1 saturated heterocycles. The van der Waals surface area contributed by atoms with Crippen LogP contribution in [0.15, 0.2) is 65.8 Å². The van der Waals surface area contributed by atoms with Gasteiger partial charge in [-0.1, -0.05) is 54.3 Å². The summed E-state index contributed by atoms with van der Waals surface area (Å²) >= 11 is 6.65. The van der Waals surface area contributed by atoms with Crippen LogP contribution in [0.25, 0.3) is 17.1 Å². The molecule has 1 aromatic heterocycles. The van der Waals surface area contributed by atoms with Crippen molar-refractivity contribution in [3.05, 3.63) is 71.4 Å². The highest BCUT2D eigenvalue weighted by molar-refractivity contribution is 8.26. The van der Waals surface area contributed by atoms with Gasteiger partial charge in [0.15, 0.2) is 0 Å². The smallest absolute Gasteiger partial charge is 0.266 e. The summed E-state index contributed by atoms with van der Waals surface area (Å²) in [6, 6.07) is 15.1. The first-order chi connectivity index (χ1) is 14.6. The number of hydrogen-bond donors (Lipinski definition) is 1. The molecule has 4 rings (SSSR count). The normalized spacial score (nSPS) is 15.2. The minimum Gasteiger partial charge on any atom is -0.326 e. The molecule has 8 heteroatoms. The van der Waals surface area contributed by atoms with E-state index in [-0.39, 0.29) is 18.2 Å². The lowest BCUT2D eigenvalue weighted by Crippen LogP contribution is -2.29. The molecule has 0 saturated carbocycles. The van der Waals surface area contributed by atoms with Crippen molar-refractivity contribution < 1.29 is 9.59 Å². The minimum absolute atomic E-state index is 0.109. The summed E-state index contributed by atoms with van der Waals surface area (Å²) in [5, 5.41) is 2.86. The van der Waals surface area contributed by atoms with Crippen molar-refractivity contribution in [2.24, 2.45) is 0 Å². The van der Waals surface area contributed by atoms with Gasteiger partial charge in [-0.2, -0.15) is 0 Å². The maximum absolute atomic E-state index is 12.6. The van der Waals surface area contributed by atoms with E-state index in [2.05, 4.69) is 15.3 Å². The Balaban J connectivity index is 1.31. The molecule has 3 aromatic rings. The average Bonchev–Trinajstić information content (AvgIpc) is 3.01. The van der Waals surface area contributed by atoms with Gasteiger partial charge in [0.05, 0.1) is 15.9 Å². The number of benzene rings is 2. The Bertz CT molecular complexity index is 1150. The maximum atomic E-state index is 12.6. The molecule has 0 bridgehead atoms. The fraction of sp³-hybridized carbons (Fsp3) is 0.136. The molecule has 1 N–H and O–H groups in total. The van der Waals surface area contributed by atoms with E-state index in [0.717, 1.165) is 16.6 Å². The van der Waals surface area contributed by atoms with Gasteiger partial charge in [0.1, 0.15) is 4.32 Å². The molecule has 0 unspecified atom stereocenters. The number of fused-ring (bicyclic) bond motifs is 1. The number of amides is 2. The van der Waals surface area contributed by atoms with Crippen molar-refractivity contribution in [2.75, 3.05) is 11.9 Å². The minimum atomic E-state index is -0.122. The highest BCUT2D eigenvalue weighted by Crippen LogP contribution is 2.32. The number of hydrogen-bond acceptors (Lipinski definition) is 6. The van der Waals surface area contributed by atoms with Crippen LogP contribution < -0.4 is 5.32 Å². The molecule has 1 aliphatic rings. The second-order valence-corrected chi connectivity index (χ2v) is 8.33. The lowest BCUT2D eigenvalue weighted by atomic mass is 10.2. The van der Waals surface area contributed by atoms with Crippen molar-refractivity contribution >= 4 is 62.9 Å². The fourth-order valence-corrected chi connectivity index (χ4v) is 4.36. The molecule has 6 nitrogen and oxygen atoms in total. The first kappa shape index (κ1) is 20.2. The van der Waals surface area contributed by atoms with Crippen molar-refractivity contribution in [3.8, 4) is 0 Å². The Morgan fingerprint density at radius 3 is 2.67 bits per heavy atom. The third-order valence-electron chi connectivity index (χ3n) is 4.51. The third-order valence-corrected chi connectivity index (χ3v) is 5.89. The molecule has 0 atom stereocenters. The van der Waals surface area contributed by atoms with Gasteiger partial charge >= 0.3 is 0 Å². The van der Waals surface area contributed by atoms with Crippen molar-refractivity contribution in [1.82, 2.24) is 14.9 Å². The van der Waals surface area contributed by atoms with Crippen LogP contribution in [0.3, 0.4) is 0 Å². The second kappa shape index (κ2) is 9.15.